The smallest absolute Gasteiger partial charge is 0.247 e. The van der Waals surface area contributed by atoms with Crippen LogP contribution in [0.25, 0.3) is 22.8 Å². The summed E-state index contributed by atoms with van der Waals surface area (Å²) in [5, 5.41) is 8.89. The summed E-state index contributed by atoms with van der Waals surface area (Å²) in [5.74, 6) is 2.11. The Labute approximate surface area is 196 Å². The maximum Gasteiger partial charge on any atom is 0.247 e. The summed E-state index contributed by atoms with van der Waals surface area (Å²) >= 11 is 5.94. The average Bonchev–Trinajstić information content (AvgIpc) is 3.36. The number of hydrogen-bond acceptors (Lipinski definition) is 6. The zero-order valence-corrected chi connectivity index (χ0v) is 19.0. The van der Waals surface area contributed by atoms with E-state index in [1.807, 2.05) is 48.2 Å². The number of carbonyl (C=O) groups is 1. The molecule has 1 aliphatic rings. The molecule has 2 aromatic carbocycles. The van der Waals surface area contributed by atoms with Gasteiger partial charge in [0.05, 0.1) is 12.7 Å². The molecule has 0 unspecified atom stereocenters. The van der Waals surface area contributed by atoms with Crippen molar-refractivity contribution in [3.63, 3.8) is 0 Å². The summed E-state index contributed by atoms with van der Waals surface area (Å²) in [6.07, 6.45) is 4.43. The lowest BCUT2D eigenvalue weighted by Gasteiger charge is -2.20. The van der Waals surface area contributed by atoms with Crippen LogP contribution in [0.4, 0.5) is 0 Å². The lowest BCUT2D eigenvalue weighted by Crippen LogP contribution is -2.32. The first-order valence-corrected chi connectivity index (χ1v) is 11.3. The van der Waals surface area contributed by atoms with Gasteiger partial charge in [0.2, 0.25) is 17.7 Å². The average molecular weight is 463 g/mol. The highest BCUT2D eigenvalue weighted by Crippen LogP contribution is 2.30. The fraction of sp³-hybridized carbons (Fsp3) is 0.280. The molecular formula is C25H23ClN4O3. The molecule has 1 fully saturated rings. The molecule has 1 saturated carbocycles. The van der Waals surface area contributed by atoms with Crippen molar-refractivity contribution >= 4 is 17.5 Å². The molecular weight excluding hydrogens is 440 g/mol. The fourth-order valence-electron chi connectivity index (χ4n) is 3.61. The van der Waals surface area contributed by atoms with Crippen LogP contribution in [-0.2, 0) is 17.8 Å². The van der Waals surface area contributed by atoms with Crippen LogP contribution in [0.2, 0.25) is 5.02 Å². The van der Waals surface area contributed by atoms with Gasteiger partial charge in [-0.15, -0.1) is 10.2 Å². The predicted octanol–water partition coefficient (Wildman–Crippen LogP) is 5.48. The standard InChI is InChI=1S/C25H23ClN4O3/c1-16-2-4-17(5-3-16)21-14-27-22(32-21)12-13-24(31)30(20-10-11-20)15-23-28-29-25(33-23)18-6-8-19(26)9-7-18/h2-9,14,20H,10-13,15H2,1H3. The van der Waals surface area contributed by atoms with Crippen LogP contribution in [0.5, 0.6) is 0 Å². The molecule has 5 rings (SSSR count). The van der Waals surface area contributed by atoms with Crippen molar-refractivity contribution in [2.24, 2.45) is 0 Å². The van der Waals surface area contributed by atoms with E-state index in [-0.39, 0.29) is 11.9 Å². The molecule has 1 aliphatic carbocycles. The Morgan fingerprint density at radius 3 is 2.45 bits per heavy atom. The topological polar surface area (TPSA) is 85.3 Å². The molecule has 0 aliphatic heterocycles. The van der Waals surface area contributed by atoms with Gasteiger partial charge in [-0.25, -0.2) is 4.98 Å². The van der Waals surface area contributed by atoms with Gasteiger partial charge in [-0.2, -0.15) is 0 Å². The number of oxazole rings is 1. The number of nitrogens with zero attached hydrogens (tertiary/aromatic N) is 4. The zero-order valence-electron chi connectivity index (χ0n) is 18.2. The van der Waals surface area contributed by atoms with Crippen molar-refractivity contribution < 1.29 is 13.6 Å². The third-order valence-corrected chi connectivity index (χ3v) is 5.87. The Bertz CT molecular complexity index is 1240. The minimum atomic E-state index is 0.0267. The van der Waals surface area contributed by atoms with Crippen LogP contribution < -0.4 is 0 Å². The molecule has 0 atom stereocenters. The summed E-state index contributed by atoms with van der Waals surface area (Å²) in [6.45, 7) is 2.34. The van der Waals surface area contributed by atoms with E-state index in [1.54, 1.807) is 18.3 Å². The van der Waals surface area contributed by atoms with Gasteiger partial charge < -0.3 is 13.7 Å². The molecule has 1 amide bonds. The molecule has 0 radical (unpaired) electrons. The first kappa shape index (κ1) is 21.4. The second-order valence-electron chi connectivity index (χ2n) is 8.24. The maximum absolute atomic E-state index is 13.0. The van der Waals surface area contributed by atoms with Crippen LogP contribution in [0.15, 0.2) is 63.6 Å². The zero-order chi connectivity index (χ0) is 22.8. The Kier molecular flexibility index (Phi) is 5.96. The highest BCUT2D eigenvalue weighted by Gasteiger charge is 2.33. The summed E-state index contributed by atoms with van der Waals surface area (Å²) in [6, 6.07) is 15.5. The number of hydrogen-bond donors (Lipinski definition) is 0. The minimum absolute atomic E-state index is 0.0267. The molecule has 0 bridgehead atoms. The molecule has 0 N–H and O–H groups in total. The molecule has 2 aromatic heterocycles. The molecule has 7 nitrogen and oxygen atoms in total. The number of benzene rings is 2. The van der Waals surface area contributed by atoms with Crippen LogP contribution in [0, 0.1) is 6.92 Å². The molecule has 0 saturated heterocycles. The second kappa shape index (κ2) is 9.19. The summed E-state index contributed by atoms with van der Waals surface area (Å²) in [5.41, 5.74) is 2.94. The SMILES string of the molecule is Cc1ccc(-c2cnc(CCC(=O)N(Cc3nnc(-c4ccc(Cl)cc4)o3)C3CC3)o2)cc1. The first-order chi connectivity index (χ1) is 16.0. The van der Waals surface area contributed by atoms with E-state index in [9.17, 15) is 4.79 Å². The number of aromatic nitrogens is 3. The van der Waals surface area contributed by atoms with Gasteiger partial charge in [-0.05, 0) is 44.0 Å². The fourth-order valence-corrected chi connectivity index (χ4v) is 3.74. The first-order valence-electron chi connectivity index (χ1n) is 10.9. The van der Waals surface area contributed by atoms with Gasteiger partial charge in [-0.1, -0.05) is 41.4 Å². The van der Waals surface area contributed by atoms with Gasteiger partial charge in [0.15, 0.2) is 11.7 Å². The molecule has 4 aromatic rings. The van der Waals surface area contributed by atoms with E-state index in [0.29, 0.717) is 47.8 Å². The van der Waals surface area contributed by atoms with E-state index in [4.69, 9.17) is 20.4 Å². The number of aryl methyl sites for hydroxylation is 2. The third kappa shape index (κ3) is 5.14. The molecule has 8 heteroatoms. The minimum Gasteiger partial charge on any atom is -0.441 e. The largest absolute Gasteiger partial charge is 0.441 e. The van der Waals surface area contributed by atoms with Crippen molar-refractivity contribution in [1.29, 1.82) is 0 Å². The van der Waals surface area contributed by atoms with Crippen molar-refractivity contribution in [2.45, 2.75) is 45.2 Å². The van der Waals surface area contributed by atoms with Crippen LogP contribution >= 0.6 is 11.6 Å². The van der Waals surface area contributed by atoms with Gasteiger partial charge in [0.1, 0.15) is 0 Å². The highest BCUT2D eigenvalue weighted by atomic mass is 35.5. The van der Waals surface area contributed by atoms with Gasteiger partial charge in [0, 0.05) is 35.0 Å². The lowest BCUT2D eigenvalue weighted by molar-refractivity contribution is -0.132. The Hall–Kier alpha value is -3.45. The van der Waals surface area contributed by atoms with E-state index < -0.39 is 0 Å². The molecule has 2 heterocycles. The Morgan fingerprint density at radius 2 is 1.73 bits per heavy atom. The van der Waals surface area contributed by atoms with Crippen LogP contribution in [-0.4, -0.2) is 32.0 Å². The van der Waals surface area contributed by atoms with Crippen LogP contribution in [0.3, 0.4) is 0 Å². The van der Waals surface area contributed by atoms with Gasteiger partial charge >= 0.3 is 0 Å². The van der Waals surface area contributed by atoms with Crippen molar-refractivity contribution in [1.82, 2.24) is 20.1 Å². The monoisotopic (exact) mass is 462 g/mol. The van der Waals surface area contributed by atoms with E-state index in [1.165, 1.54) is 5.56 Å². The molecule has 168 valence electrons. The van der Waals surface area contributed by atoms with E-state index in [2.05, 4.69) is 15.2 Å². The summed E-state index contributed by atoms with van der Waals surface area (Å²) in [7, 11) is 0. The lowest BCUT2D eigenvalue weighted by atomic mass is 10.1. The highest BCUT2D eigenvalue weighted by molar-refractivity contribution is 6.30. The quantitative estimate of drug-likeness (QED) is 0.345. The number of amides is 1. The number of halogens is 1. The number of carbonyl (C=O) groups excluding carboxylic acids is 1. The summed E-state index contributed by atoms with van der Waals surface area (Å²) < 4.78 is 11.7. The summed E-state index contributed by atoms with van der Waals surface area (Å²) in [4.78, 5) is 19.2. The van der Waals surface area contributed by atoms with E-state index in [0.717, 1.165) is 24.0 Å². The van der Waals surface area contributed by atoms with E-state index >= 15 is 0 Å². The van der Waals surface area contributed by atoms with Gasteiger partial charge in [-0.3, -0.25) is 4.79 Å². The third-order valence-electron chi connectivity index (χ3n) is 5.61. The number of rotatable bonds is 8. The van der Waals surface area contributed by atoms with Gasteiger partial charge in [0.25, 0.3) is 0 Å². The molecule has 0 spiro atoms. The Morgan fingerprint density at radius 1 is 1.00 bits per heavy atom. The normalized spacial score (nSPS) is 13.3. The van der Waals surface area contributed by atoms with Crippen molar-refractivity contribution in [3.8, 4) is 22.8 Å². The second-order valence-corrected chi connectivity index (χ2v) is 8.68. The predicted molar refractivity (Wildman–Crippen MR) is 123 cm³/mol. The molecule has 33 heavy (non-hydrogen) atoms. The van der Waals surface area contributed by atoms with Crippen molar-refractivity contribution in [2.75, 3.05) is 0 Å². The maximum atomic E-state index is 13.0. The van der Waals surface area contributed by atoms with Crippen molar-refractivity contribution in [3.05, 3.63) is 77.1 Å². The van der Waals surface area contributed by atoms with Crippen LogP contribution in [0.1, 0.15) is 36.6 Å². The Balaban J connectivity index is 1.21.